The molecule has 0 fully saturated rings. The van der Waals surface area contributed by atoms with Crippen LogP contribution in [0, 0.1) is 0 Å². The lowest BCUT2D eigenvalue weighted by molar-refractivity contribution is 0.937. The summed E-state index contributed by atoms with van der Waals surface area (Å²) in [5, 5.41) is 4.38. The number of rotatable bonds is 2. The smallest absolute Gasteiger partial charge is 0.309 e. The summed E-state index contributed by atoms with van der Waals surface area (Å²) in [6, 6.07) is 43.6. The molecule has 0 saturated heterocycles. The van der Waals surface area contributed by atoms with E-state index in [4.69, 9.17) is 0 Å². The summed E-state index contributed by atoms with van der Waals surface area (Å²) in [7, 11) is 0. The SMILES string of the molecule is O=c1n(-c2ccc3c(c2)c2ccccc2n3-c2ccccc2)c2ccccc2c2cc3ccccc3n12. The van der Waals surface area contributed by atoms with Gasteiger partial charge in [0.15, 0.2) is 0 Å². The molecule has 0 aliphatic rings. The van der Waals surface area contributed by atoms with Crippen LogP contribution in [0.3, 0.4) is 0 Å². The Morgan fingerprint density at radius 3 is 1.84 bits per heavy atom. The lowest BCUT2D eigenvalue weighted by Crippen LogP contribution is -2.25. The van der Waals surface area contributed by atoms with E-state index in [9.17, 15) is 4.79 Å². The molecule has 0 unspecified atom stereocenters. The van der Waals surface area contributed by atoms with Gasteiger partial charge in [-0.3, -0.25) is 8.97 Å². The van der Waals surface area contributed by atoms with E-state index in [1.54, 1.807) is 0 Å². The third-order valence-electron chi connectivity index (χ3n) is 7.44. The van der Waals surface area contributed by atoms with E-state index in [0.717, 1.165) is 60.5 Å². The molecule has 0 amide bonds. The molecule has 174 valence electrons. The largest absolute Gasteiger partial charge is 0.338 e. The first kappa shape index (κ1) is 20.1. The Morgan fingerprint density at radius 2 is 1.03 bits per heavy atom. The second kappa shape index (κ2) is 7.45. The van der Waals surface area contributed by atoms with Crippen LogP contribution < -0.4 is 5.69 Å². The van der Waals surface area contributed by atoms with Crippen LogP contribution in [0.4, 0.5) is 0 Å². The van der Waals surface area contributed by atoms with E-state index in [-0.39, 0.29) is 5.69 Å². The van der Waals surface area contributed by atoms with Gasteiger partial charge in [0.25, 0.3) is 0 Å². The number of nitrogens with zero attached hydrogens (tertiary/aromatic N) is 3. The zero-order valence-electron chi connectivity index (χ0n) is 19.9. The Labute approximate surface area is 211 Å². The van der Waals surface area contributed by atoms with Crippen LogP contribution in [0.1, 0.15) is 0 Å². The van der Waals surface area contributed by atoms with Crippen LogP contribution in [-0.4, -0.2) is 13.5 Å². The van der Waals surface area contributed by atoms with Crippen LogP contribution >= 0.6 is 0 Å². The molecule has 4 nitrogen and oxygen atoms in total. The molecule has 0 bridgehead atoms. The Hall–Kier alpha value is -5.09. The number of fused-ring (bicyclic) bond motifs is 8. The quantitative estimate of drug-likeness (QED) is 0.255. The van der Waals surface area contributed by atoms with Crippen molar-refractivity contribution in [3.63, 3.8) is 0 Å². The lowest BCUT2D eigenvalue weighted by atomic mass is 10.1. The van der Waals surface area contributed by atoms with Gasteiger partial charge < -0.3 is 4.57 Å². The van der Waals surface area contributed by atoms with Crippen molar-refractivity contribution >= 4 is 49.1 Å². The first-order valence-corrected chi connectivity index (χ1v) is 12.4. The van der Waals surface area contributed by atoms with Crippen LogP contribution in [0.5, 0.6) is 0 Å². The summed E-state index contributed by atoms with van der Waals surface area (Å²) in [5.74, 6) is 0. The van der Waals surface area contributed by atoms with Crippen molar-refractivity contribution in [1.82, 2.24) is 13.5 Å². The van der Waals surface area contributed by atoms with Gasteiger partial charge in [0.05, 0.1) is 33.3 Å². The normalized spacial score (nSPS) is 11.9. The van der Waals surface area contributed by atoms with Gasteiger partial charge in [0.1, 0.15) is 0 Å². The third-order valence-corrected chi connectivity index (χ3v) is 7.44. The Bertz CT molecular complexity index is 2210. The average molecular weight is 476 g/mol. The van der Waals surface area contributed by atoms with Crippen LogP contribution in [-0.2, 0) is 0 Å². The van der Waals surface area contributed by atoms with Gasteiger partial charge in [-0.15, -0.1) is 0 Å². The predicted octanol–water partition coefficient (Wildman–Crippen LogP) is 7.49. The van der Waals surface area contributed by atoms with E-state index < -0.39 is 0 Å². The standard InChI is InChI=1S/C33H21N3O/c37-33-35(30-17-9-6-14-26(30)32-20-22-10-4-7-15-28(22)36(32)33)24-18-19-31-27(21-24)25-13-5-8-16-29(25)34(31)23-11-2-1-3-12-23/h1-21H. The van der Waals surface area contributed by atoms with Gasteiger partial charge in [-0.1, -0.05) is 72.8 Å². The van der Waals surface area contributed by atoms with Crippen molar-refractivity contribution < 1.29 is 0 Å². The number of hydrogen-bond acceptors (Lipinski definition) is 1. The van der Waals surface area contributed by atoms with Crippen molar-refractivity contribution in [2.45, 2.75) is 0 Å². The number of hydrogen-bond donors (Lipinski definition) is 0. The Kier molecular flexibility index (Phi) is 4.06. The van der Waals surface area contributed by atoms with Gasteiger partial charge in [-0.25, -0.2) is 4.79 Å². The summed E-state index contributed by atoms with van der Waals surface area (Å²) in [6.45, 7) is 0. The Balaban J connectivity index is 1.51. The van der Waals surface area contributed by atoms with Crippen LogP contribution in [0.2, 0.25) is 0 Å². The van der Waals surface area contributed by atoms with Gasteiger partial charge in [-0.2, -0.15) is 0 Å². The fourth-order valence-electron chi connectivity index (χ4n) is 5.85. The van der Waals surface area contributed by atoms with Crippen molar-refractivity contribution in [3.8, 4) is 11.4 Å². The van der Waals surface area contributed by atoms with Crippen LogP contribution in [0.15, 0.2) is 132 Å². The Morgan fingerprint density at radius 1 is 0.405 bits per heavy atom. The zero-order valence-corrected chi connectivity index (χ0v) is 19.9. The summed E-state index contributed by atoms with van der Waals surface area (Å²) >= 11 is 0. The molecule has 0 atom stereocenters. The molecule has 0 spiro atoms. The van der Waals surface area contributed by atoms with Crippen molar-refractivity contribution in [3.05, 3.63) is 138 Å². The summed E-state index contributed by atoms with van der Waals surface area (Å²) in [4.78, 5) is 14.2. The van der Waals surface area contributed by atoms with Gasteiger partial charge in [-0.05, 0) is 54.6 Å². The minimum absolute atomic E-state index is 0.0685. The number of aromatic nitrogens is 3. The minimum Gasteiger partial charge on any atom is -0.309 e. The third kappa shape index (κ3) is 2.75. The fourth-order valence-corrected chi connectivity index (χ4v) is 5.85. The zero-order chi connectivity index (χ0) is 24.5. The fraction of sp³-hybridized carbons (Fsp3) is 0. The lowest BCUT2D eigenvalue weighted by Gasteiger charge is -2.13. The summed E-state index contributed by atoms with van der Waals surface area (Å²) in [6.07, 6.45) is 0. The molecule has 0 N–H and O–H groups in total. The predicted molar refractivity (Wildman–Crippen MR) is 152 cm³/mol. The molecule has 37 heavy (non-hydrogen) atoms. The first-order chi connectivity index (χ1) is 18.3. The van der Waals surface area contributed by atoms with E-state index >= 15 is 0 Å². The summed E-state index contributed by atoms with van der Waals surface area (Å²) < 4.78 is 5.98. The number of para-hydroxylation sites is 4. The molecule has 3 heterocycles. The maximum Gasteiger partial charge on any atom is 0.338 e. The first-order valence-electron chi connectivity index (χ1n) is 12.4. The van der Waals surface area contributed by atoms with Crippen LogP contribution in [0.25, 0.3) is 60.5 Å². The van der Waals surface area contributed by atoms with E-state index in [1.807, 2.05) is 51.4 Å². The highest BCUT2D eigenvalue weighted by molar-refractivity contribution is 6.10. The molecule has 0 saturated carbocycles. The van der Waals surface area contributed by atoms with Crippen molar-refractivity contribution in [2.24, 2.45) is 0 Å². The maximum atomic E-state index is 14.2. The molecule has 4 heteroatoms. The second-order valence-electron chi connectivity index (χ2n) is 9.45. The van der Waals surface area contributed by atoms with Gasteiger partial charge in [0, 0.05) is 27.2 Å². The van der Waals surface area contributed by atoms with Crippen molar-refractivity contribution in [2.75, 3.05) is 0 Å². The molecule has 8 aromatic rings. The minimum atomic E-state index is -0.0685. The molecule has 0 radical (unpaired) electrons. The highest BCUT2D eigenvalue weighted by Crippen LogP contribution is 2.34. The van der Waals surface area contributed by atoms with E-state index in [0.29, 0.717) is 0 Å². The second-order valence-corrected chi connectivity index (χ2v) is 9.45. The average Bonchev–Trinajstić information content (AvgIpc) is 3.50. The van der Waals surface area contributed by atoms with E-state index in [2.05, 4.69) is 89.5 Å². The molecule has 8 rings (SSSR count). The molecule has 0 aliphatic carbocycles. The molecule has 5 aromatic carbocycles. The van der Waals surface area contributed by atoms with E-state index in [1.165, 1.54) is 0 Å². The maximum absolute atomic E-state index is 14.2. The number of benzene rings is 5. The van der Waals surface area contributed by atoms with Gasteiger partial charge in [0.2, 0.25) is 0 Å². The molecule has 3 aromatic heterocycles. The summed E-state index contributed by atoms with van der Waals surface area (Å²) in [5.41, 5.74) is 6.90. The van der Waals surface area contributed by atoms with Gasteiger partial charge >= 0.3 is 5.69 Å². The molecular formula is C33H21N3O. The monoisotopic (exact) mass is 475 g/mol. The highest BCUT2D eigenvalue weighted by Gasteiger charge is 2.17. The topological polar surface area (TPSA) is 31.3 Å². The highest BCUT2D eigenvalue weighted by atomic mass is 16.1. The molecule has 0 aliphatic heterocycles. The molecular weight excluding hydrogens is 454 g/mol. The van der Waals surface area contributed by atoms with Crippen molar-refractivity contribution in [1.29, 1.82) is 0 Å².